The molecule has 0 bridgehead atoms. The summed E-state index contributed by atoms with van der Waals surface area (Å²) in [6.45, 7) is 2.34. The van der Waals surface area contributed by atoms with E-state index in [1.807, 2.05) is 18.2 Å². The largest absolute Gasteiger partial charge is 0.359 e. The second-order valence-corrected chi connectivity index (χ2v) is 6.07. The summed E-state index contributed by atoms with van der Waals surface area (Å²) in [6.07, 6.45) is 1.69. The van der Waals surface area contributed by atoms with Gasteiger partial charge < -0.3 is 9.84 Å². The first-order chi connectivity index (χ1) is 12.5. The van der Waals surface area contributed by atoms with Gasteiger partial charge in [-0.2, -0.15) is 0 Å². The number of carbonyl (C=O) groups excluding carboxylic acids is 1. The number of nitrogens with one attached hydrogen (secondary N) is 1. The molecule has 0 aliphatic heterocycles. The molecule has 0 atom stereocenters. The van der Waals surface area contributed by atoms with Gasteiger partial charge >= 0.3 is 0 Å². The average molecular weight is 354 g/mol. The van der Waals surface area contributed by atoms with Crippen LogP contribution < -0.4 is 5.32 Å². The molecule has 134 valence electrons. The Kier molecular flexibility index (Phi) is 5.38. The molecule has 0 saturated carbocycles. The minimum atomic E-state index is -0.327. The zero-order chi connectivity index (χ0) is 18.5. The number of nitrogens with zero attached hydrogens (tertiary/aromatic N) is 3. The zero-order valence-corrected chi connectivity index (χ0v) is 14.6. The molecule has 0 radical (unpaired) electrons. The number of rotatable bonds is 6. The fraction of sp³-hybridized carbons (Fsp3) is 0.211. The minimum Gasteiger partial charge on any atom is -0.359 e. The molecule has 3 rings (SSSR count). The zero-order valence-electron chi connectivity index (χ0n) is 14.6. The highest BCUT2D eigenvalue weighted by atomic mass is 19.1. The molecule has 26 heavy (non-hydrogen) atoms. The van der Waals surface area contributed by atoms with Crippen LogP contribution in [0.5, 0.6) is 0 Å². The first kappa shape index (κ1) is 17.8. The van der Waals surface area contributed by atoms with Gasteiger partial charge in [0.15, 0.2) is 5.76 Å². The van der Waals surface area contributed by atoms with Crippen LogP contribution in [0, 0.1) is 12.7 Å². The lowest BCUT2D eigenvalue weighted by Gasteiger charge is -2.15. The van der Waals surface area contributed by atoms with Gasteiger partial charge in [-0.25, -0.2) is 4.39 Å². The highest BCUT2D eigenvalue weighted by molar-refractivity contribution is 5.92. The normalized spacial score (nSPS) is 10.9. The number of aryl methyl sites for hydroxylation is 1. The van der Waals surface area contributed by atoms with Gasteiger partial charge in [-0.1, -0.05) is 11.2 Å². The first-order valence-electron chi connectivity index (χ1n) is 8.13. The van der Waals surface area contributed by atoms with Gasteiger partial charge in [0.2, 0.25) is 5.91 Å². The molecule has 0 spiro atoms. The van der Waals surface area contributed by atoms with Gasteiger partial charge in [-0.05, 0) is 49.9 Å². The van der Waals surface area contributed by atoms with Gasteiger partial charge in [0.25, 0.3) is 0 Å². The molecule has 1 aromatic carbocycles. The SMILES string of the molecule is Cc1cc(F)ccc1NC(=O)CN(C)Cc1cc(-c2ccccn2)no1. The van der Waals surface area contributed by atoms with E-state index >= 15 is 0 Å². The van der Waals surface area contributed by atoms with E-state index in [0.29, 0.717) is 29.2 Å². The summed E-state index contributed by atoms with van der Waals surface area (Å²) in [5, 5.41) is 6.79. The molecule has 0 aliphatic rings. The Labute approximate surface area is 150 Å². The standard InChI is InChI=1S/C19H19FN4O2/c1-13-9-14(20)6-7-16(13)22-19(25)12-24(2)11-15-10-18(23-26-15)17-5-3-4-8-21-17/h3-10H,11-12H2,1-2H3,(H,22,25). The van der Waals surface area contributed by atoms with Crippen LogP contribution in [0.25, 0.3) is 11.4 Å². The summed E-state index contributed by atoms with van der Waals surface area (Å²) >= 11 is 0. The predicted molar refractivity (Wildman–Crippen MR) is 95.8 cm³/mol. The third-order valence-electron chi connectivity index (χ3n) is 3.79. The van der Waals surface area contributed by atoms with Crippen molar-refractivity contribution in [1.29, 1.82) is 0 Å². The summed E-state index contributed by atoms with van der Waals surface area (Å²) in [5.74, 6) is 0.122. The maximum absolute atomic E-state index is 13.1. The summed E-state index contributed by atoms with van der Waals surface area (Å²) in [4.78, 5) is 18.2. The van der Waals surface area contributed by atoms with Crippen molar-refractivity contribution in [3.05, 3.63) is 65.8 Å². The molecular weight excluding hydrogens is 335 g/mol. The Morgan fingerprint density at radius 3 is 2.81 bits per heavy atom. The van der Waals surface area contributed by atoms with E-state index in [1.165, 1.54) is 12.1 Å². The van der Waals surface area contributed by atoms with Crippen LogP contribution in [-0.4, -0.2) is 34.5 Å². The summed E-state index contributed by atoms with van der Waals surface area (Å²) < 4.78 is 18.4. The number of carbonyl (C=O) groups is 1. The Hall–Kier alpha value is -3.06. The molecule has 0 aliphatic carbocycles. The molecule has 7 heteroatoms. The Morgan fingerprint density at radius 1 is 1.23 bits per heavy atom. The van der Waals surface area contributed by atoms with Crippen LogP contribution in [0.4, 0.5) is 10.1 Å². The van der Waals surface area contributed by atoms with Crippen molar-refractivity contribution in [2.24, 2.45) is 0 Å². The molecular formula is C19H19FN4O2. The number of benzene rings is 1. The lowest BCUT2D eigenvalue weighted by Crippen LogP contribution is -2.29. The van der Waals surface area contributed by atoms with E-state index < -0.39 is 0 Å². The van der Waals surface area contributed by atoms with E-state index in [2.05, 4.69) is 15.5 Å². The number of pyridine rings is 1. The fourth-order valence-corrected chi connectivity index (χ4v) is 2.55. The lowest BCUT2D eigenvalue weighted by atomic mass is 10.2. The van der Waals surface area contributed by atoms with E-state index in [4.69, 9.17) is 4.52 Å². The topological polar surface area (TPSA) is 71.3 Å². The number of hydrogen-bond acceptors (Lipinski definition) is 5. The van der Waals surface area contributed by atoms with Gasteiger partial charge in [-0.15, -0.1) is 0 Å². The average Bonchev–Trinajstić information content (AvgIpc) is 3.06. The molecule has 6 nitrogen and oxygen atoms in total. The fourth-order valence-electron chi connectivity index (χ4n) is 2.55. The molecule has 1 amide bonds. The molecule has 0 saturated heterocycles. The number of aromatic nitrogens is 2. The van der Waals surface area contributed by atoms with Crippen LogP contribution in [0.3, 0.4) is 0 Å². The van der Waals surface area contributed by atoms with E-state index in [0.717, 1.165) is 5.69 Å². The van der Waals surface area contributed by atoms with E-state index in [9.17, 15) is 9.18 Å². The molecule has 1 N–H and O–H groups in total. The lowest BCUT2D eigenvalue weighted by molar-refractivity contribution is -0.117. The van der Waals surface area contributed by atoms with Crippen molar-refractivity contribution >= 4 is 11.6 Å². The predicted octanol–water partition coefficient (Wildman–Crippen LogP) is 3.25. The second kappa shape index (κ2) is 7.88. The molecule has 0 unspecified atom stereocenters. The van der Waals surface area contributed by atoms with Crippen LogP contribution in [-0.2, 0) is 11.3 Å². The minimum absolute atomic E-state index is 0.163. The second-order valence-electron chi connectivity index (χ2n) is 6.07. The van der Waals surface area contributed by atoms with Crippen molar-refractivity contribution in [1.82, 2.24) is 15.0 Å². The van der Waals surface area contributed by atoms with E-state index in [1.54, 1.807) is 37.2 Å². The highest BCUT2D eigenvalue weighted by Crippen LogP contribution is 2.18. The van der Waals surface area contributed by atoms with Gasteiger partial charge in [-0.3, -0.25) is 14.7 Å². The van der Waals surface area contributed by atoms with Crippen molar-refractivity contribution in [3.8, 4) is 11.4 Å². The maximum atomic E-state index is 13.1. The number of likely N-dealkylation sites (N-methyl/N-ethyl adjacent to an activating group) is 1. The van der Waals surface area contributed by atoms with Crippen molar-refractivity contribution in [2.75, 3.05) is 18.9 Å². The first-order valence-corrected chi connectivity index (χ1v) is 8.13. The monoisotopic (exact) mass is 354 g/mol. The van der Waals surface area contributed by atoms with Gasteiger partial charge in [0.1, 0.15) is 11.5 Å². The van der Waals surface area contributed by atoms with Crippen LogP contribution >= 0.6 is 0 Å². The Balaban J connectivity index is 1.56. The smallest absolute Gasteiger partial charge is 0.238 e. The summed E-state index contributed by atoms with van der Waals surface area (Å²) in [5.41, 5.74) is 2.66. The van der Waals surface area contributed by atoms with Crippen molar-refractivity contribution in [2.45, 2.75) is 13.5 Å². The number of hydrogen-bond donors (Lipinski definition) is 1. The summed E-state index contributed by atoms with van der Waals surface area (Å²) in [7, 11) is 1.81. The quantitative estimate of drug-likeness (QED) is 0.736. The highest BCUT2D eigenvalue weighted by Gasteiger charge is 2.13. The molecule has 3 aromatic rings. The Morgan fingerprint density at radius 2 is 2.08 bits per heavy atom. The van der Waals surface area contributed by atoms with Gasteiger partial charge in [0, 0.05) is 18.0 Å². The number of anilines is 1. The molecule has 2 heterocycles. The number of halogens is 1. The molecule has 2 aromatic heterocycles. The Bertz CT molecular complexity index is 896. The number of amides is 1. The van der Waals surface area contributed by atoms with Crippen molar-refractivity contribution < 1.29 is 13.7 Å². The third kappa shape index (κ3) is 4.52. The maximum Gasteiger partial charge on any atom is 0.238 e. The van der Waals surface area contributed by atoms with E-state index in [-0.39, 0.29) is 18.3 Å². The van der Waals surface area contributed by atoms with Crippen LogP contribution in [0.15, 0.2) is 53.2 Å². The summed E-state index contributed by atoms with van der Waals surface area (Å²) in [6, 6.07) is 11.6. The van der Waals surface area contributed by atoms with Crippen LogP contribution in [0.2, 0.25) is 0 Å². The molecule has 0 fully saturated rings. The van der Waals surface area contributed by atoms with Crippen LogP contribution in [0.1, 0.15) is 11.3 Å². The van der Waals surface area contributed by atoms with Crippen molar-refractivity contribution in [3.63, 3.8) is 0 Å². The van der Waals surface area contributed by atoms with Gasteiger partial charge in [0.05, 0.1) is 18.8 Å². The third-order valence-corrected chi connectivity index (χ3v) is 3.79.